The van der Waals surface area contributed by atoms with Gasteiger partial charge in [0, 0.05) is 52.6 Å². The van der Waals surface area contributed by atoms with E-state index >= 15 is 0 Å². The molecule has 0 saturated carbocycles. The summed E-state index contributed by atoms with van der Waals surface area (Å²) in [7, 11) is 0. The van der Waals surface area contributed by atoms with Crippen molar-refractivity contribution in [3.8, 4) is 23.1 Å². The lowest BCUT2D eigenvalue weighted by Crippen LogP contribution is -2.38. The number of anilines is 2. The number of likely N-dealkylation sites (tertiary alicyclic amines) is 1. The van der Waals surface area contributed by atoms with Crippen molar-refractivity contribution in [2.24, 2.45) is 0 Å². The van der Waals surface area contributed by atoms with E-state index in [0.717, 1.165) is 24.0 Å². The molecule has 0 unspecified atom stereocenters. The number of nitrogen functional groups attached to an aromatic ring is 1. The molecule has 0 spiro atoms. The number of fused-ring (bicyclic) bond motifs is 1. The van der Waals surface area contributed by atoms with E-state index < -0.39 is 6.50 Å². The fourth-order valence-electron chi connectivity index (χ4n) is 4.65. The van der Waals surface area contributed by atoms with Crippen molar-refractivity contribution in [2.45, 2.75) is 25.4 Å². The highest BCUT2D eigenvalue weighted by molar-refractivity contribution is 5.82. The van der Waals surface area contributed by atoms with Crippen LogP contribution < -0.4 is 11.1 Å². The zero-order valence-corrected chi connectivity index (χ0v) is 20.5. The van der Waals surface area contributed by atoms with Gasteiger partial charge >= 0.3 is 0 Å². The largest absolute Gasteiger partial charge is 0.383 e. The van der Waals surface area contributed by atoms with Crippen LogP contribution >= 0.6 is 0 Å². The molecule has 0 aliphatic carbocycles. The Balaban J connectivity index is 1.22. The van der Waals surface area contributed by atoms with Crippen LogP contribution in [0, 0.1) is 11.3 Å². The second-order valence-corrected chi connectivity index (χ2v) is 8.99. The Hall–Kier alpha value is -4.88. The van der Waals surface area contributed by atoms with Crippen LogP contribution in [0.2, 0.25) is 0 Å². The molecular formula is C28H26N10. The molecule has 0 bridgehead atoms. The van der Waals surface area contributed by atoms with Gasteiger partial charge in [-0.1, -0.05) is 12.1 Å². The van der Waals surface area contributed by atoms with Crippen molar-refractivity contribution in [1.82, 2.24) is 34.4 Å². The molecule has 0 atom stereocenters. The zero-order chi connectivity index (χ0) is 27.7. The number of nitrogens with zero attached hydrogens (tertiary/aromatic N) is 8. The quantitative estimate of drug-likeness (QED) is 0.354. The summed E-state index contributed by atoms with van der Waals surface area (Å²) < 4.78 is 19.8. The van der Waals surface area contributed by atoms with E-state index in [1.165, 1.54) is 0 Å². The number of aromatic nitrogens is 6. The minimum atomic E-state index is -1.65. The minimum Gasteiger partial charge on any atom is -0.383 e. The Morgan fingerprint density at radius 1 is 0.974 bits per heavy atom. The number of hydrogen-bond acceptors (Lipinski definition) is 9. The first-order chi connectivity index (χ1) is 19.4. The molecule has 3 N–H and O–H groups in total. The lowest BCUT2D eigenvalue weighted by Gasteiger charge is -2.32. The van der Waals surface area contributed by atoms with Crippen molar-refractivity contribution in [1.29, 1.82) is 5.26 Å². The number of pyridine rings is 2. The second kappa shape index (κ2) is 10.2. The van der Waals surface area contributed by atoms with Crippen LogP contribution in [0.4, 0.5) is 11.6 Å². The van der Waals surface area contributed by atoms with Crippen molar-refractivity contribution in [2.75, 3.05) is 24.1 Å². The first kappa shape index (κ1) is 21.2. The van der Waals surface area contributed by atoms with Crippen molar-refractivity contribution >= 4 is 22.8 Å². The lowest BCUT2D eigenvalue weighted by atomic mass is 10.0. The van der Waals surface area contributed by atoms with Gasteiger partial charge in [0.1, 0.15) is 23.2 Å². The monoisotopic (exact) mass is 504 g/mol. The van der Waals surface area contributed by atoms with E-state index in [2.05, 4.69) is 25.3 Å². The predicted molar refractivity (Wildman–Crippen MR) is 145 cm³/mol. The average Bonchev–Trinajstić information content (AvgIpc) is 3.37. The minimum absolute atomic E-state index is 0.123. The summed E-state index contributed by atoms with van der Waals surface area (Å²) in [5.41, 5.74) is 9.65. The molecular weight excluding hydrogens is 476 g/mol. The molecule has 1 aliphatic heterocycles. The Labute approximate surface area is 222 Å². The third kappa shape index (κ3) is 4.75. The number of piperidine rings is 1. The molecule has 4 aromatic heterocycles. The summed E-state index contributed by atoms with van der Waals surface area (Å²) in [5, 5.41) is 12.4. The molecule has 1 aromatic carbocycles. The smallest absolute Gasteiger partial charge is 0.234 e. The van der Waals surface area contributed by atoms with Gasteiger partial charge in [0.2, 0.25) is 5.82 Å². The summed E-state index contributed by atoms with van der Waals surface area (Å²) in [6.07, 6.45) is 6.40. The predicted octanol–water partition coefficient (Wildman–Crippen LogP) is 3.80. The van der Waals surface area contributed by atoms with Crippen LogP contribution in [0.1, 0.15) is 27.0 Å². The first-order valence-corrected chi connectivity index (χ1v) is 12.3. The maximum atomic E-state index is 9.03. The Kier molecular flexibility index (Phi) is 5.72. The van der Waals surface area contributed by atoms with Crippen LogP contribution in [-0.4, -0.2) is 53.5 Å². The SMILES string of the molecule is [2H]C([2H])(c1ccc(-n2c(-c3cccnc3N)nc3cccnc32)cc1)N1CCC(Nc2ccnc(C#N)n2)CC1. The van der Waals surface area contributed by atoms with E-state index in [1.54, 1.807) is 24.7 Å². The highest BCUT2D eigenvalue weighted by atomic mass is 15.2. The number of rotatable bonds is 6. The van der Waals surface area contributed by atoms with Crippen LogP contribution in [0.25, 0.3) is 28.2 Å². The van der Waals surface area contributed by atoms with Gasteiger partial charge in [-0.15, -0.1) is 0 Å². The maximum absolute atomic E-state index is 9.03. The van der Waals surface area contributed by atoms with Crippen molar-refractivity contribution in [3.05, 3.63) is 84.6 Å². The Morgan fingerprint density at radius 3 is 2.55 bits per heavy atom. The van der Waals surface area contributed by atoms with E-state index in [9.17, 15) is 0 Å². The molecule has 5 aromatic rings. The standard InChI is InChI=1S/C28H26N10/c29-17-25-31-14-9-24(36-25)34-20-10-15-37(16-11-20)18-19-5-7-21(8-6-19)38-27(22-3-1-12-32-26(22)30)35-23-4-2-13-33-28(23)38/h1-9,12-14,20H,10-11,15-16,18H2,(H2,30,32)(H,31,34,36)/i18D2. The van der Waals surface area contributed by atoms with Gasteiger partial charge in [0.15, 0.2) is 11.5 Å². The fraction of sp³-hybridized carbons (Fsp3) is 0.214. The summed E-state index contributed by atoms with van der Waals surface area (Å²) in [5.74, 6) is 1.72. The van der Waals surface area contributed by atoms with E-state index in [1.807, 2.05) is 64.1 Å². The number of benzene rings is 1. The molecule has 10 nitrogen and oxygen atoms in total. The second-order valence-electron chi connectivity index (χ2n) is 8.99. The average molecular weight is 505 g/mol. The van der Waals surface area contributed by atoms with Gasteiger partial charge in [-0.25, -0.2) is 24.9 Å². The number of imidazole rings is 1. The van der Waals surface area contributed by atoms with Gasteiger partial charge in [-0.3, -0.25) is 9.47 Å². The van der Waals surface area contributed by atoms with E-state index in [0.29, 0.717) is 47.3 Å². The highest BCUT2D eigenvalue weighted by Crippen LogP contribution is 2.30. The van der Waals surface area contributed by atoms with E-state index in [4.69, 9.17) is 18.7 Å². The number of nitrogens with one attached hydrogen (secondary N) is 1. The highest BCUT2D eigenvalue weighted by Gasteiger charge is 2.21. The summed E-state index contributed by atoms with van der Waals surface area (Å²) >= 11 is 0. The molecule has 38 heavy (non-hydrogen) atoms. The molecule has 6 rings (SSSR count). The summed E-state index contributed by atoms with van der Waals surface area (Å²) in [4.78, 5) is 23.5. The van der Waals surface area contributed by atoms with Crippen LogP contribution in [0.5, 0.6) is 0 Å². The molecule has 0 radical (unpaired) electrons. The Bertz CT molecular complexity index is 1700. The number of nitrogens with two attached hydrogens (primary N) is 1. The number of nitriles is 1. The van der Waals surface area contributed by atoms with Crippen LogP contribution in [-0.2, 0) is 6.50 Å². The normalized spacial score (nSPS) is 15.6. The molecule has 0 amide bonds. The zero-order valence-electron chi connectivity index (χ0n) is 22.5. The van der Waals surface area contributed by atoms with E-state index in [-0.39, 0.29) is 11.9 Å². The molecule has 1 fully saturated rings. The molecule has 10 heteroatoms. The van der Waals surface area contributed by atoms with Gasteiger partial charge in [-0.2, -0.15) is 5.26 Å². The molecule has 188 valence electrons. The first-order valence-electron chi connectivity index (χ1n) is 13.3. The van der Waals surface area contributed by atoms with Crippen LogP contribution in [0.15, 0.2) is 73.2 Å². The van der Waals surface area contributed by atoms with Crippen molar-refractivity contribution < 1.29 is 2.74 Å². The topological polar surface area (TPSA) is 134 Å². The van der Waals surface area contributed by atoms with Gasteiger partial charge in [-0.05, 0) is 60.9 Å². The van der Waals surface area contributed by atoms with Gasteiger partial charge < -0.3 is 11.1 Å². The third-order valence-electron chi connectivity index (χ3n) is 6.51. The molecule has 5 heterocycles. The van der Waals surface area contributed by atoms with Crippen molar-refractivity contribution in [3.63, 3.8) is 0 Å². The summed E-state index contributed by atoms with van der Waals surface area (Å²) in [6.45, 7) is -0.509. The third-order valence-corrected chi connectivity index (χ3v) is 6.51. The molecule has 1 saturated heterocycles. The van der Waals surface area contributed by atoms with Gasteiger partial charge in [0.25, 0.3) is 0 Å². The van der Waals surface area contributed by atoms with Gasteiger partial charge in [0.05, 0.1) is 5.56 Å². The molecule has 1 aliphatic rings. The number of hydrogen-bond donors (Lipinski definition) is 2. The maximum Gasteiger partial charge on any atom is 0.234 e. The lowest BCUT2D eigenvalue weighted by molar-refractivity contribution is 0.211. The van der Waals surface area contributed by atoms with Crippen LogP contribution in [0.3, 0.4) is 0 Å². The summed E-state index contributed by atoms with van der Waals surface area (Å²) in [6, 6.07) is 18.6. The Morgan fingerprint density at radius 2 is 1.76 bits per heavy atom. The fourth-order valence-corrected chi connectivity index (χ4v) is 4.65.